The molecule has 1 N–H and O–H groups in total. The fourth-order valence-corrected chi connectivity index (χ4v) is 1.42. The molecule has 0 saturated heterocycles. The standard InChI is InChI=1S/C12H19N3O/c1-3-6-13-12-14-9(2)7-11(15-12)16-8-10-4-5-10/h7,10H,3-6,8H2,1-2H3,(H,13,14,15). The third kappa shape index (κ3) is 3.36. The molecule has 1 aromatic heterocycles. The van der Waals surface area contributed by atoms with Crippen LogP contribution in [0.3, 0.4) is 0 Å². The molecule has 1 aromatic rings. The highest BCUT2D eigenvalue weighted by Gasteiger charge is 2.22. The van der Waals surface area contributed by atoms with E-state index in [9.17, 15) is 0 Å². The maximum atomic E-state index is 5.64. The summed E-state index contributed by atoms with van der Waals surface area (Å²) in [7, 11) is 0. The van der Waals surface area contributed by atoms with Crippen molar-refractivity contribution in [3.05, 3.63) is 11.8 Å². The van der Waals surface area contributed by atoms with Gasteiger partial charge in [-0.3, -0.25) is 0 Å². The van der Waals surface area contributed by atoms with Crippen LogP contribution in [-0.4, -0.2) is 23.1 Å². The molecule has 1 heterocycles. The lowest BCUT2D eigenvalue weighted by atomic mass is 10.4. The predicted octanol–water partition coefficient (Wildman–Crippen LogP) is 2.40. The SMILES string of the molecule is CCCNc1nc(C)cc(OCC2CC2)n1. The Morgan fingerprint density at radius 1 is 1.44 bits per heavy atom. The maximum absolute atomic E-state index is 5.64. The van der Waals surface area contributed by atoms with Gasteiger partial charge in [-0.25, -0.2) is 4.98 Å². The molecule has 0 aromatic carbocycles. The van der Waals surface area contributed by atoms with E-state index in [1.54, 1.807) is 0 Å². The molecular weight excluding hydrogens is 202 g/mol. The molecular formula is C12H19N3O. The summed E-state index contributed by atoms with van der Waals surface area (Å²) in [4.78, 5) is 8.64. The number of anilines is 1. The molecule has 0 spiro atoms. The van der Waals surface area contributed by atoms with Gasteiger partial charge >= 0.3 is 0 Å². The van der Waals surface area contributed by atoms with Gasteiger partial charge in [0.05, 0.1) is 6.61 Å². The van der Waals surface area contributed by atoms with Crippen molar-refractivity contribution in [3.63, 3.8) is 0 Å². The van der Waals surface area contributed by atoms with Gasteiger partial charge in [-0.2, -0.15) is 4.98 Å². The highest BCUT2D eigenvalue weighted by atomic mass is 16.5. The Labute approximate surface area is 96.4 Å². The van der Waals surface area contributed by atoms with Gasteiger partial charge in [0.1, 0.15) is 0 Å². The van der Waals surface area contributed by atoms with E-state index in [0.29, 0.717) is 11.8 Å². The highest BCUT2D eigenvalue weighted by Crippen LogP contribution is 2.29. The Hall–Kier alpha value is -1.32. The normalized spacial score (nSPS) is 14.9. The Morgan fingerprint density at radius 2 is 2.25 bits per heavy atom. The number of nitrogens with one attached hydrogen (secondary N) is 1. The van der Waals surface area contributed by atoms with Gasteiger partial charge in [0.15, 0.2) is 0 Å². The lowest BCUT2D eigenvalue weighted by Gasteiger charge is -2.08. The minimum Gasteiger partial charge on any atom is -0.477 e. The first kappa shape index (κ1) is 11.2. The zero-order chi connectivity index (χ0) is 11.4. The average Bonchev–Trinajstić information content (AvgIpc) is 3.07. The van der Waals surface area contributed by atoms with E-state index in [-0.39, 0.29) is 0 Å². The number of ether oxygens (including phenoxy) is 1. The number of aryl methyl sites for hydroxylation is 1. The van der Waals surface area contributed by atoms with Crippen molar-refractivity contribution in [2.45, 2.75) is 33.1 Å². The van der Waals surface area contributed by atoms with Crippen molar-refractivity contribution < 1.29 is 4.74 Å². The lowest BCUT2D eigenvalue weighted by molar-refractivity contribution is 0.288. The quantitative estimate of drug-likeness (QED) is 0.801. The number of hydrogen-bond donors (Lipinski definition) is 1. The molecule has 4 nitrogen and oxygen atoms in total. The van der Waals surface area contributed by atoms with Gasteiger partial charge in [0.2, 0.25) is 11.8 Å². The smallest absolute Gasteiger partial charge is 0.226 e. The third-order valence-electron chi connectivity index (χ3n) is 2.53. The molecule has 0 aliphatic heterocycles. The summed E-state index contributed by atoms with van der Waals surface area (Å²) in [5.74, 6) is 2.12. The van der Waals surface area contributed by atoms with Crippen LogP contribution in [0.15, 0.2) is 6.07 Å². The van der Waals surface area contributed by atoms with Crippen molar-refractivity contribution in [2.75, 3.05) is 18.5 Å². The first-order valence-corrected chi connectivity index (χ1v) is 6.00. The van der Waals surface area contributed by atoms with Crippen LogP contribution < -0.4 is 10.1 Å². The monoisotopic (exact) mass is 221 g/mol. The molecule has 0 bridgehead atoms. The van der Waals surface area contributed by atoms with Gasteiger partial charge in [-0.1, -0.05) is 6.92 Å². The lowest BCUT2D eigenvalue weighted by Crippen LogP contribution is -2.07. The molecule has 88 valence electrons. The van der Waals surface area contributed by atoms with Crippen LogP contribution in [0, 0.1) is 12.8 Å². The Kier molecular flexibility index (Phi) is 3.59. The molecule has 0 atom stereocenters. The van der Waals surface area contributed by atoms with Crippen molar-refractivity contribution in [1.82, 2.24) is 9.97 Å². The minimum absolute atomic E-state index is 0.674. The van der Waals surface area contributed by atoms with E-state index >= 15 is 0 Å². The second kappa shape index (κ2) is 5.14. The van der Waals surface area contributed by atoms with E-state index in [1.165, 1.54) is 12.8 Å². The molecule has 1 fully saturated rings. The third-order valence-corrected chi connectivity index (χ3v) is 2.53. The maximum Gasteiger partial charge on any atom is 0.226 e. The van der Waals surface area contributed by atoms with Crippen LogP contribution in [0.2, 0.25) is 0 Å². The van der Waals surface area contributed by atoms with Gasteiger partial charge in [0, 0.05) is 18.3 Å². The van der Waals surface area contributed by atoms with Crippen molar-refractivity contribution in [3.8, 4) is 5.88 Å². The summed E-state index contributed by atoms with van der Waals surface area (Å²) >= 11 is 0. The van der Waals surface area contributed by atoms with Crippen molar-refractivity contribution >= 4 is 5.95 Å². The zero-order valence-corrected chi connectivity index (χ0v) is 9.99. The highest BCUT2D eigenvalue weighted by molar-refractivity contribution is 5.30. The van der Waals surface area contributed by atoms with Gasteiger partial charge < -0.3 is 10.1 Å². The van der Waals surface area contributed by atoms with Crippen LogP contribution in [0.5, 0.6) is 5.88 Å². The number of rotatable bonds is 6. The Balaban J connectivity index is 1.96. The molecule has 16 heavy (non-hydrogen) atoms. The first-order valence-electron chi connectivity index (χ1n) is 6.00. The summed E-state index contributed by atoms with van der Waals surface area (Å²) in [6.45, 7) is 5.77. The van der Waals surface area contributed by atoms with E-state index in [0.717, 1.165) is 31.2 Å². The largest absolute Gasteiger partial charge is 0.477 e. The number of hydrogen-bond acceptors (Lipinski definition) is 4. The van der Waals surface area contributed by atoms with Crippen LogP contribution in [-0.2, 0) is 0 Å². The summed E-state index contributed by atoms with van der Waals surface area (Å²) in [5, 5.41) is 3.18. The fourth-order valence-electron chi connectivity index (χ4n) is 1.42. The summed E-state index contributed by atoms with van der Waals surface area (Å²) in [5.41, 5.74) is 0.944. The van der Waals surface area contributed by atoms with E-state index in [2.05, 4.69) is 22.2 Å². The van der Waals surface area contributed by atoms with Crippen LogP contribution >= 0.6 is 0 Å². The van der Waals surface area contributed by atoms with Crippen LogP contribution in [0.25, 0.3) is 0 Å². The molecule has 0 amide bonds. The topological polar surface area (TPSA) is 47.0 Å². The molecule has 4 heteroatoms. The molecule has 2 rings (SSSR count). The minimum atomic E-state index is 0.674. The molecule has 0 radical (unpaired) electrons. The van der Waals surface area contributed by atoms with Crippen molar-refractivity contribution in [2.24, 2.45) is 5.92 Å². The second-order valence-corrected chi connectivity index (χ2v) is 4.35. The Bertz CT molecular complexity index is 350. The summed E-state index contributed by atoms with van der Waals surface area (Å²) in [6, 6.07) is 1.89. The number of nitrogens with zero attached hydrogens (tertiary/aromatic N) is 2. The van der Waals surface area contributed by atoms with Crippen LogP contribution in [0.1, 0.15) is 31.9 Å². The average molecular weight is 221 g/mol. The molecule has 1 saturated carbocycles. The molecule has 1 aliphatic carbocycles. The molecule has 0 unspecified atom stereocenters. The van der Waals surface area contributed by atoms with Crippen LogP contribution in [0.4, 0.5) is 5.95 Å². The van der Waals surface area contributed by atoms with E-state index < -0.39 is 0 Å². The summed E-state index contributed by atoms with van der Waals surface area (Å²) in [6.07, 6.45) is 3.66. The van der Waals surface area contributed by atoms with E-state index in [1.807, 2.05) is 13.0 Å². The zero-order valence-electron chi connectivity index (χ0n) is 9.99. The fraction of sp³-hybridized carbons (Fsp3) is 0.667. The summed E-state index contributed by atoms with van der Waals surface area (Å²) < 4.78 is 5.64. The van der Waals surface area contributed by atoms with Gasteiger partial charge in [-0.15, -0.1) is 0 Å². The predicted molar refractivity (Wildman–Crippen MR) is 63.8 cm³/mol. The second-order valence-electron chi connectivity index (χ2n) is 4.35. The first-order chi connectivity index (χ1) is 7.78. The van der Waals surface area contributed by atoms with E-state index in [4.69, 9.17) is 4.74 Å². The van der Waals surface area contributed by atoms with Crippen molar-refractivity contribution in [1.29, 1.82) is 0 Å². The van der Waals surface area contributed by atoms with Gasteiger partial charge in [0.25, 0.3) is 0 Å². The molecule has 1 aliphatic rings. The number of aromatic nitrogens is 2. The van der Waals surface area contributed by atoms with Gasteiger partial charge in [-0.05, 0) is 32.1 Å². The Morgan fingerprint density at radius 3 is 2.94 bits per heavy atom.